The van der Waals surface area contributed by atoms with Crippen molar-refractivity contribution >= 4 is 5.78 Å². The van der Waals surface area contributed by atoms with Crippen LogP contribution in [0.3, 0.4) is 0 Å². The van der Waals surface area contributed by atoms with Crippen molar-refractivity contribution in [3.05, 3.63) is 155 Å². The topological polar surface area (TPSA) is 54.0 Å². The molecule has 5 aromatic rings. The molecule has 1 atom stereocenters. The molecular weight excluding hydrogens is 524 g/mol. The lowest BCUT2D eigenvalue weighted by Gasteiger charge is -2.28. The number of hydrogen-bond donors (Lipinski definition) is 0. The number of fused-ring (bicyclic) bond motifs is 1. The number of carbonyl (C=O) groups is 1. The smallest absolute Gasteiger partial charge is 0.182 e. The van der Waals surface area contributed by atoms with Crippen LogP contribution in [0, 0.1) is 6.92 Å². The van der Waals surface area contributed by atoms with E-state index >= 15 is 0 Å². The molecule has 210 valence electrons. The van der Waals surface area contributed by atoms with Crippen LogP contribution in [0.2, 0.25) is 0 Å². The van der Waals surface area contributed by atoms with Gasteiger partial charge in [0.25, 0.3) is 0 Å². The number of Topliss-reactive ketones (excluding diaryl/α,β-unsaturated/α-hetero) is 1. The van der Waals surface area contributed by atoms with Crippen molar-refractivity contribution in [3.8, 4) is 23.0 Å². The summed E-state index contributed by atoms with van der Waals surface area (Å²) in [7, 11) is 0. The molecule has 42 heavy (non-hydrogen) atoms. The third-order valence-electron chi connectivity index (χ3n) is 7.18. The van der Waals surface area contributed by atoms with Crippen LogP contribution in [-0.2, 0) is 31.0 Å². The molecule has 0 amide bonds. The summed E-state index contributed by atoms with van der Waals surface area (Å²) in [6.45, 7) is 3.19. The van der Waals surface area contributed by atoms with Gasteiger partial charge in [0.05, 0.1) is 0 Å². The Kier molecular flexibility index (Phi) is 8.18. The first-order valence-electron chi connectivity index (χ1n) is 14.1. The molecule has 5 nitrogen and oxygen atoms in total. The normalized spacial score (nSPS) is 14.0. The molecule has 0 radical (unpaired) electrons. The number of rotatable bonds is 10. The molecule has 0 aromatic heterocycles. The molecule has 0 fully saturated rings. The Balaban J connectivity index is 1.25. The molecule has 0 saturated carbocycles. The summed E-state index contributed by atoms with van der Waals surface area (Å²) in [5.74, 6) is 2.47. The number of hydrogen-bond acceptors (Lipinski definition) is 5. The number of ketones is 1. The van der Waals surface area contributed by atoms with Crippen molar-refractivity contribution in [2.45, 2.75) is 39.3 Å². The van der Waals surface area contributed by atoms with E-state index in [1.54, 1.807) is 0 Å². The Morgan fingerprint density at radius 2 is 1.14 bits per heavy atom. The zero-order valence-electron chi connectivity index (χ0n) is 23.5. The van der Waals surface area contributed by atoms with Crippen LogP contribution >= 0.6 is 0 Å². The Bertz CT molecular complexity index is 1650. The Morgan fingerprint density at radius 3 is 1.71 bits per heavy atom. The molecule has 1 aliphatic heterocycles. The van der Waals surface area contributed by atoms with Gasteiger partial charge >= 0.3 is 0 Å². The van der Waals surface area contributed by atoms with E-state index < -0.39 is 6.10 Å². The summed E-state index contributed by atoms with van der Waals surface area (Å²) >= 11 is 0. The summed E-state index contributed by atoms with van der Waals surface area (Å²) < 4.78 is 24.9. The second-order valence-corrected chi connectivity index (χ2v) is 10.4. The van der Waals surface area contributed by atoms with Gasteiger partial charge in [-0.3, -0.25) is 4.79 Å². The zero-order valence-corrected chi connectivity index (χ0v) is 23.5. The highest BCUT2D eigenvalue weighted by atomic mass is 16.5. The highest BCUT2D eigenvalue weighted by molar-refractivity contribution is 5.89. The van der Waals surface area contributed by atoms with Crippen LogP contribution in [0.15, 0.2) is 121 Å². The predicted molar refractivity (Wildman–Crippen MR) is 162 cm³/mol. The van der Waals surface area contributed by atoms with Crippen molar-refractivity contribution in [2.24, 2.45) is 0 Å². The van der Waals surface area contributed by atoms with E-state index in [0.717, 1.165) is 27.8 Å². The Hall–Kier alpha value is -5.03. The van der Waals surface area contributed by atoms with Crippen molar-refractivity contribution in [1.29, 1.82) is 0 Å². The Morgan fingerprint density at radius 1 is 0.619 bits per heavy atom. The minimum Gasteiger partial charge on any atom is -0.488 e. The fourth-order valence-electron chi connectivity index (χ4n) is 5.00. The van der Waals surface area contributed by atoms with Gasteiger partial charge in [0.1, 0.15) is 31.3 Å². The molecule has 0 saturated heterocycles. The van der Waals surface area contributed by atoms with Gasteiger partial charge in [0.2, 0.25) is 0 Å². The van der Waals surface area contributed by atoms with E-state index in [0.29, 0.717) is 48.4 Å². The zero-order chi connectivity index (χ0) is 28.7. The monoisotopic (exact) mass is 556 g/mol. The highest BCUT2D eigenvalue weighted by Gasteiger charge is 2.32. The van der Waals surface area contributed by atoms with Crippen molar-refractivity contribution in [1.82, 2.24) is 0 Å². The standard InChI is InChI=1S/C37H32O5/c1-26-19-34(40-24-28-13-7-3-8-14-28)31-22-32(38)37(42-35(31)20-26)30-17-18-33(39-23-27-11-5-2-6-12-27)36(21-30)41-25-29-15-9-4-10-16-29/h2-21,37H,22-25H2,1H3/t37-/m1/s1. The first kappa shape index (κ1) is 27.2. The maximum Gasteiger partial charge on any atom is 0.182 e. The van der Waals surface area contributed by atoms with Gasteiger partial charge in [-0.25, -0.2) is 0 Å². The maximum absolute atomic E-state index is 13.5. The van der Waals surface area contributed by atoms with Crippen LogP contribution in [0.5, 0.6) is 23.0 Å². The van der Waals surface area contributed by atoms with Crippen molar-refractivity contribution in [2.75, 3.05) is 0 Å². The van der Waals surface area contributed by atoms with Crippen LogP contribution in [0.1, 0.15) is 39.5 Å². The van der Waals surface area contributed by atoms with E-state index in [1.165, 1.54) is 0 Å². The van der Waals surface area contributed by atoms with Crippen molar-refractivity contribution < 1.29 is 23.7 Å². The van der Waals surface area contributed by atoms with Gasteiger partial charge in [-0.05, 0) is 53.4 Å². The van der Waals surface area contributed by atoms with E-state index in [2.05, 4.69) is 0 Å². The van der Waals surface area contributed by atoms with E-state index in [4.69, 9.17) is 18.9 Å². The summed E-state index contributed by atoms with van der Waals surface area (Å²) in [5.41, 5.74) is 5.65. The predicted octanol–water partition coefficient (Wildman–Crippen LogP) is 7.98. The number of ether oxygens (including phenoxy) is 4. The molecule has 1 heterocycles. The van der Waals surface area contributed by atoms with Crippen molar-refractivity contribution in [3.63, 3.8) is 0 Å². The molecule has 0 aliphatic carbocycles. The first-order valence-corrected chi connectivity index (χ1v) is 14.1. The lowest BCUT2D eigenvalue weighted by Crippen LogP contribution is -2.26. The molecule has 5 aromatic carbocycles. The lowest BCUT2D eigenvalue weighted by molar-refractivity contribution is -0.126. The largest absolute Gasteiger partial charge is 0.488 e. The third-order valence-corrected chi connectivity index (χ3v) is 7.18. The number of aryl methyl sites for hydroxylation is 1. The maximum atomic E-state index is 13.5. The van der Waals surface area contributed by atoms with Crippen LogP contribution in [0.4, 0.5) is 0 Å². The molecule has 0 unspecified atom stereocenters. The number of benzene rings is 5. The molecule has 0 spiro atoms. The van der Waals surface area contributed by atoms with E-state index in [9.17, 15) is 4.79 Å². The second-order valence-electron chi connectivity index (χ2n) is 10.4. The summed E-state index contributed by atoms with van der Waals surface area (Å²) in [4.78, 5) is 13.5. The highest BCUT2D eigenvalue weighted by Crippen LogP contribution is 2.41. The Labute approximate surface area is 246 Å². The van der Waals surface area contributed by atoms with Gasteiger partial charge in [0.15, 0.2) is 23.4 Å². The van der Waals surface area contributed by atoms with Gasteiger partial charge in [-0.2, -0.15) is 0 Å². The minimum atomic E-state index is -0.761. The first-order chi connectivity index (χ1) is 20.6. The fourth-order valence-corrected chi connectivity index (χ4v) is 5.00. The number of carbonyl (C=O) groups excluding carboxylic acids is 1. The lowest BCUT2D eigenvalue weighted by atomic mass is 9.94. The molecule has 6 rings (SSSR count). The van der Waals surface area contributed by atoms with Crippen LogP contribution < -0.4 is 18.9 Å². The molecule has 0 N–H and O–H groups in total. The quantitative estimate of drug-likeness (QED) is 0.175. The van der Waals surface area contributed by atoms with Crippen LogP contribution in [0.25, 0.3) is 0 Å². The summed E-state index contributed by atoms with van der Waals surface area (Å²) in [6, 6.07) is 39.5. The van der Waals surface area contributed by atoms with Gasteiger partial charge in [-0.1, -0.05) is 97.1 Å². The van der Waals surface area contributed by atoms with E-state index in [1.807, 2.05) is 128 Å². The third kappa shape index (κ3) is 6.47. The summed E-state index contributed by atoms with van der Waals surface area (Å²) in [5, 5.41) is 0. The van der Waals surface area contributed by atoms with E-state index in [-0.39, 0.29) is 12.2 Å². The molecular formula is C37H32O5. The molecule has 5 heteroatoms. The van der Waals surface area contributed by atoms with Gasteiger partial charge < -0.3 is 18.9 Å². The van der Waals surface area contributed by atoms with Gasteiger partial charge in [0, 0.05) is 17.5 Å². The molecule has 0 bridgehead atoms. The average Bonchev–Trinajstić information content (AvgIpc) is 3.03. The van der Waals surface area contributed by atoms with Crippen LogP contribution in [-0.4, -0.2) is 5.78 Å². The minimum absolute atomic E-state index is 0.0390. The molecule has 1 aliphatic rings. The second kappa shape index (κ2) is 12.6. The summed E-state index contributed by atoms with van der Waals surface area (Å²) in [6.07, 6.45) is -0.542. The average molecular weight is 557 g/mol. The SMILES string of the molecule is Cc1cc(OCc2ccccc2)c2c(c1)O[C@H](c1ccc(OCc3ccccc3)c(OCc3ccccc3)c1)C(=O)C2. The fraction of sp³-hybridized carbons (Fsp3) is 0.162. The van der Waals surface area contributed by atoms with Gasteiger partial charge in [-0.15, -0.1) is 0 Å².